The van der Waals surface area contributed by atoms with Gasteiger partial charge in [-0.05, 0) is 49.8 Å². The Bertz CT molecular complexity index is 767. The standard InChI is InChI=1S/C19H29N3O4S/c1-2-14-3-4-15(19(23)21-17-7-5-16(20)6-8-17)13-18(14)27(24,25)22-9-11-26-12-10-22/h3-4,13,16-17H,2,5-12,20H2,1H3,(H,21,23). The Morgan fingerprint density at radius 2 is 1.89 bits per heavy atom. The Morgan fingerprint density at radius 3 is 2.52 bits per heavy atom. The number of nitrogens with zero attached hydrogens (tertiary/aromatic N) is 1. The average molecular weight is 396 g/mol. The summed E-state index contributed by atoms with van der Waals surface area (Å²) in [6.07, 6.45) is 4.10. The zero-order chi connectivity index (χ0) is 19.4. The monoisotopic (exact) mass is 395 g/mol. The molecule has 1 saturated heterocycles. The smallest absolute Gasteiger partial charge is 0.251 e. The van der Waals surface area contributed by atoms with E-state index in [0.29, 0.717) is 38.3 Å². The third-order valence-electron chi connectivity index (χ3n) is 5.41. The first-order valence-corrected chi connectivity index (χ1v) is 11.1. The second-order valence-corrected chi connectivity index (χ2v) is 9.18. The van der Waals surface area contributed by atoms with Crippen molar-refractivity contribution in [3.05, 3.63) is 29.3 Å². The summed E-state index contributed by atoms with van der Waals surface area (Å²) >= 11 is 0. The van der Waals surface area contributed by atoms with Crippen LogP contribution in [-0.4, -0.2) is 57.0 Å². The topological polar surface area (TPSA) is 102 Å². The zero-order valence-electron chi connectivity index (χ0n) is 15.8. The normalized spacial score (nSPS) is 24.5. The lowest BCUT2D eigenvalue weighted by Crippen LogP contribution is -2.41. The van der Waals surface area contributed by atoms with E-state index in [-0.39, 0.29) is 22.9 Å². The Hall–Kier alpha value is -1.48. The molecule has 8 heteroatoms. The van der Waals surface area contributed by atoms with E-state index in [9.17, 15) is 13.2 Å². The highest BCUT2D eigenvalue weighted by Gasteiger charge is 2.29. The summed E-state index contributed by atoms with van der Waals surface area (Å²) in [6, 6.07) is 5.29. The Labute approximate surface area is 161 Å². The second kappa shape index (κ2) is 8.68. The van der Waals surface area contributed by atoms with Crippen LogP contribution in [0.1, 0.15) is 48.5 Å². The van der Waals surface area contributed by atoms with Crippen molar-refractivity contribution in [3.63, 3.8) is 0 Å². The minimum absolute atomic E-state index is 0.0995. The first kappa shape index (κ1) is 20.3. The number of ether oxygens (including phenoxy) is 1. The number of benzene rings is 1. The highest BCUT2D eigenvalue weighted by molar-refractivity contribution is 7.89. The summed E-state index contributed by atoms with van der Waals surface area (Å²) in [5, 5.41) is 3.03. The minimum atomic E-state index is -3.64. The number of nitrogens with one attached hydrogen (secondary N) is 1. The van der Waals surface area contributed by atoms with Gasteiger partial charge < -0.3 is 15.8 Å². The summed E-state index contributed by atoms with van der Waals surface area (Å²) < 4.78 is 32.9. The molecule has 1 aliphatic heterocycles. The largest absolute Gasteiger partial charge is 0.379 e. The van der Waals surface area contributed by atoms with Crippen molar-refractivity contribution in [2.75, 3.05) is 26.3 Å². The van der Waals surface area contributed by atoms with Gasteiger partial charge >= 0.3 is 0 Å². The lowest BCUT2D eigenvalue weighted by Gasteiger charge is -2.28. The average Bonchev–Trinajstić information content (AvgIpc) is 2.69. The Balaban J connectivity index is 1.81. The number of aryl methyl sites for hydroxylation is 1. The van der Waals surface area contributed by atoms with E-state index in [0.717, 1.165) is 31.2 Å². The molecule has 1 aliphatic carbocycles. The van der Waals surface area contributed by atoms with Crippen LogP contribution < -0.4 is 11.1 Å². The van der Waals surface area contributed by atoms with Gasteiger partial charge in [0.05, 0.1) is 18.1 Å². The van der Waals surface area contributed by atoms with Crippen molar-refractivity contribution in [2.24, 2.45) is 5.73 Å². The van der Waals surface area contributed by atoms with Gasteiger partial charge in [-0.3, -0.25) is 4.79 Å². The molecule has 0 spiro atoms. The lowest BCUT2D eigenvalue weighted by atomic mass is 9.91. The van der Waals surface area contributed by atoms with Crippen molar-refractivity contribution in [1.82, 2.24) is 9.62 Å². The van der Waals surface area contributed by atoms with Gasteiger partial charge in [-0.2, -0.15) is 4.31 Å². The molecule has 27 heavy (non-hydrogen) atoms. The molecule has 0 atom stereocenters. The Kier molecular flexibility index (Phi) is 6.52. The van der Waals surface area contributed by atoms with E-state index in [1.165, 1.54) is 10.4 Å². The number of hydrogen-bond acceptors (Lipinski definition) is 5. The highest BCUT2D eigenvalue weighted by Crippen LogP contribution is 2.24. The highest BCUT2D eigenvalue weighted by atomic mass is 32.2. The van der Waals surface area contributed by atoms with E-state index in [4.69, 9.17) is 10.5 Å². The van der Waals surface area contributed by atoms with Crippen LogP contribution in [0.3, 0.4) is 0 Å². The van der Waals surface area contributed by atoms with Crippen molar-refractivity contribution in [1.29, 1.82) is 0 Å². The van der Waals surface area contributed by atoms with Gasteiger partial charge in [-0.25, -0.2) is 8.42 Å². The number of nitrogens with two attached hydrogens (primary N) is 1. The molecule has 0 unspecified atom stereocenters. The van der Waals surface area contributed by atoms with Gasteiger partial charge in [0.1, 0.15) is 0 Å². The number of sulfonamides is 1. The van der Waals surface area contributed by atoms with Crippen LogP contribution in [0.15, 0.2) is 23.1 Å². The van der Waals surface area contributed by atoms with Crippen molar-refractivity contribution < 1.29 is 17.9 Å². The maximum Gasteiger partial charge on any atom is 0.251 e. The van der Waals surface area contributed by atoms with Gasteiger partial charge in [-0.1, -0.05) is 13.0 Å². The van der Waals surface area contributed by atoms with Crippen LogP contribution in [0.4, 0.5) is 0 Å². The first-order chi connectivity index (χ1) is 12.9. The lowest BCUT2D eigenvalue weighted by molar-refractivity contribution is 0.0730. The molecule has 3 rings (SSSR count). The van der Waals surface area contributed by atoms with Crippen molar-refractivity contribution >= 4 is 15.9 Å². The molecule has 1 aromatic carbocycles. The summed E-state index contributed by atoms with van der Waals surface area (Å²) in [4.78, 5) is 12.9. The molecule has 1 heterocycles. The van der Waals surface area contributed by atoms with E-state index in [1.807, 2.05) is 6.92 Å². The van der Waals surface area contributed by atoms with E-state index < -0.39 is 10.0 Å². The van der Waals surface area contributed by atoms with E-state index in [2.05, 4.69) is 5.32 Å². The number of amides is 1. The SMILES string of the molecule is CCc1ccc(C(=O)NC2CCC(N)CC2)cc1S(=O)(=O)N1CCOCC1. The van der Waals surface area contributed by atoms with Crippen molar-refractivity contribution in [2.45, 2.75) is 56.0 Å². The number of carbonyl (C=O) groups is 1. The Morgan fingerprint density at radius 1 is 1.22 bits per heavy atom. The van der Waals surface area contributed by atoms with Crippen molar-refractivity contribution in [3.8, 4) is 0 Å². The fraction of sp³-hybridized carbons (Fsp3) is 0.632. The molecule has 0 bridgehead atoms. The summed E-state index contributed by atoms with van der Waals surface area (Å²) in [7, 11) is -3.64. The molecule has 1 amide bonds. The van der Waals surface area contributed by atoms with Crippen LogP contribution in [0.2, 0.25) is 0 Å². The van der Waals surface area contributed by atoms with Crippen LogP contribution in [-0.2, 0) is 21.2 Å². The fourth-order valence-corrected chi connectivity index (χ4v) is 5.41. The van der Waals surface area contributed by atoms with Gasteiger partial charge in [0.25, 0.3) is 5.91 Å². The van der Waals surface area contributed by atoms with Crippen LogP contribution in [0.5, 0.6) is 0 Å². The maximum atomic E-state index is 13.1. The third kappa shape index (κ3) is 4.68. The van der Waals surface area contributed by atoms with E-state index in [1.54, 1.807) is 12.1 Å². The predicted octanol–water partition coefficient (Wildman–Crippen LogP) is 1.27. The number of hydrogen-bond donors (Lipinski definition) is 2. The molecule has 1 saturated carbocycles. The number of rotatable bonds is 5. The molecule has 0 radical (unpaired) electrons. The third-order valence-corrected chi connectivity index (χ3v) is 7.39. The quantitative estimate of drug-likeness (QED) is 0.782. The second-order valence-electron chi connectivity index (χ2n) is 7.28. The molecule has 150 valence electrons. The molecule has 2 fully saturated rings. The van der Waals surface area contributed by atoms with Gasteiger partial charge in [0.15, 0.2) is 0 Å². The molecule has 3 N–H and O–H groups in total. The zero-order valence-corrected chi connectivity index (χ0v) is 16.6. The number of morpholine rings is 1. The number of carbonyl (C=O) groups excluding carboxylic acids is 1. The molecular weight excluding hydrogens is 366 g/mol. The van der Waals surface area contributed by atoms with E-state index >= 15 is 0 Å². The molecule has 2 aliphatic rings. The molecule has 0 aromatic heterocycles. The van der Waals surface area contributed by atoms with Crippen LogP contribution in [0, 0.1) is 0 Å². The van der Waals surface area contributed by atoms with Gasteiger partial charge in [0, 0.05) is 30.7 Å². The van der Waals surface area contributed by atoms with Crippen LogP contribution >= 0.6 is 0 Å². The van der Waals surface area contributed by atoms with Gasteiger partial charge in [0.2, 0.25) is 10.0 Å². The molecule has 7 nitrogen and oxygen atoms in total. The summed E-state index contributed by atoms with van der Waals surface area (Å²) in [5.74, 6) is -0.225. The summed E-state index contributed by atoms with van der Waals surface area (Å²) in [5.41, 5.74) is 7.02. The molecule has 1 aromatic rings. The fourth-order valence-electron chi connectivity index (χ4n) is 3.69. The summed E-state index contributed by atoms with van der Waals surface area (Å²) in [6.45, 7) is 3.38. The molecular formula is C19H29N3O4S. The maximum absolute atomic E-state index is 13.1. The minimum Gasteiger partial charge on any atom is -0.379 e. The van der Waals surface area contributed by atoms with Crippen LogP contribution in [0.25, 0.3) is 0 Å². The predicted molar refractivity (Wildman–Crippen MR) is 103 cm³/mol. The van der Waals surface area contributed by atoms with Gasteiger partial charge in [-0.15, -0.1) is 0 Å². The first-order valence-electron chi connectivity index (χ1n) is 9.69.